The first-order valence-corrected chi connectivity index (χ1v) is 2.55. The standard InChI is InChI=1S/C3H7.3CH4O.H2S.Ti/c1-3-2;3*1-2;;/h1,3H2,2H3;3*2H,1H3;1H2;/q-1;;;;;+2/p-1. The first kappa shape index (κ1) is 40.5. The summed E-state index contributed by atoms with van der Waals surface area (Å²) in [6.45, 7) is 5.50. The predicted octanol–water partition coefficient (Wildman–Crippen LogP) is -0.217. The Kier molecular flexibility index (Phi) is 1050. The summed E-state index contributed by atoms with van der Waals surface area (Å²) in [6.07, 6.45) is 1.00. The van der Waals surface area contributed by atoms with Gasteiger partial charge in [-0.15, -0.1) is 0 Å². The van der Waals surface area contributed by atoms with E-state index in [0.29, 0.717) is 0 Å². The molecule has 0 rings (SSSR count). The number of aliphatic hydroxyl groups excluding tert-OH is 3. The van der Waals surface area contributed by atoms with Gasteiger partial charge in [0.15, 0.2) is 0 Å². The SMILES string of the molecule is CO.CO.CO.[CH2-]CC.[SH-].[Ti+2]. The first-order chi connectivity index (χ1) is 4.41. The van der Waals surface area contributed by atoms with E-state index in [1.807, 2.05) is 6.92 Å². The zero-order valence-electron chi connectivity index (χ0n) is 7.70. The molecule has 0 aromatic rings. The van der Waals surface area contributed by atoms with Gasteiger partial charge >= 0.3 is 21.7 Å². The van der Waals surface area contributed by atoms with Gasteiger partial charge in [0, 0.05) is 21.3 Å². The molecule has 0 amide bonds. The van der Waals surface area contributed by atoms with Crippen molar-refractivity contribution >= 4 is 13.5 Å². The smallest absolute Gasteiger partial charge is 0.813 e. The van der Waals surface area contributed by atoms with Crippen LogP contribution in [0, 0.1) is 6.92 Å². The molecule has 72 valence electrons. The van der Waals surface area contributed by atoms with E-state index in [2.05, 4.69) is 6.92 Å². The molecule has 0 aliphatic heterocycles. The van der Waals surface area contributed by atoms with Crippen LogP contribution in [0.2, 0.25) is 0 Å². The monoisotopic (exact) mass is 220 g/mol. The van der Waals surface area contributed by atoms with Crippen LogP contribution < -0.4 is 0 Å². The Labute approximate surface area is 92.2 Å². The minimum Gasteiger partial charge on any atom is -0.813 e. The molecule has 0 spiro atoms. The molecule has 0 aliphatic rings. The third-order valence-electron chi connectivity index (χ3n) is 0. The zero-order chi connectivity index (χ0) is 8.71. The Bertz CT molecular complexity index is 17.8. The van der Waals surface area contributed by atoms with Gasteiger partial charge in [0.2, 0.25) is 0 Å². The van der Waals surface area contributed by atoms with Gasteiger partial charge in [-0.3, -0.25) is 0 Å². The van der Waals surface area contributed by atoms with E-state index in [4.69, 9.17) is 15.3 Å². The summed E-state index contributed by atoms with van der Waals surface area (Å²) >= 11 is 0. The molecule has 0 saturated heterocycles. The Hall–Kier alpha value is 0.944. The third-order valence-corrected chi connectivity index (χ3v) is 0. The fourth-order valence-corrected chi connectivity index (χ4v) is 0. The van der Waals surface area contributed by atoms with Gasteiger partial charge < -0.3 is 35.7 Å². The van der Waals surface area contributed by atoms with Gasteiger partial charge in [-0.25, -0.2) is 0 Å². The molecule has 0 bridgehead atoms. The number of thiol groups is 1. The summed E-state index contributed by atoms with van der Waals surface area (Å²) in [4.78, 5) is 0. The second-order valence-corrected chi connectivity index (χ2v) is 0.500. The van der Waals surface area contributed by atoms with Gasteiger partial charge in [0.05, 0.1) is 0 Å². The molecule has 5 heteroatoms. The molecule has 0 radical (unpaired) electrons. The van der Waals surface area contributed by atoms with Crippen molar-refractivity contribution < 1.29 is 37.0 Å². The quantitative estimate of drug-likeness (QED) is 0.229. The Balaban J connectivity index is -0.00000000729. The summed E-state index contributed by atoms with van der Waals surface area (Å²) in [5, 5.41) is 21.0. The second kappa shape index (κ2) is 286. The molecule has 11 heavy (non-hydrogen) atoms. The third kappa shape index (κ3) is 982. The van der Waals surface area contributed by atoms with E-state index in [-0.39, 0.29) is 35.2 Å². The topological polar surface area (TPSA) is 60.7 Å². The molecule has 0 unspecified atom stereocenters. The van der Waals surface area contributed by atoms with Crippen molar-refractivity contribution in [3.63, 3.8) is 0 Å². The summed E-state index contributed by atoms with van der Waals surface area (Å²) in [6, 6.07) is 0. The molecule has 0 fully saturated rings. The van der Waals surface area contributed by atoms with Crippen LogP contribution in [0.5, 0.6) is 0 Å². The summed E-state index contributed by atoms with van der Waals surface area (Å²) in [5.74, 6) is 0. The maximum Gasteiger partial charge on any atom is 2.00 e. The number of hydrogen-bond acceptors (Lipinski definition) is 4. The summed E-state index contributed by atoms with van der Waals surface area (Å²) in [7, 11) is 3.00. The van der Waals surface area contributed by atoms with Crippen LogP contribution in [0.4, 0.5) is 0 Å². The molecule has 0 aromatic heterocycles. The number of aliphatic hydroxyl groups is 3. The van der Waals surface area contributed by atoms with E-state index < -0.39 is 0 Å². The van der Waals surface area contributed by atoms with Crippen LogP contribution in [0.25, 0.3) is 0 Å². The van der Waals surface area contributed by atoms with Crippen LogP contribution in [0.3, 0.4) is 0 Å². The van der Waals surface area contributed by atoms with E-state index in [1.165, 1.54) is 0 Å². The average Bonchev–Trinajstić information content (AvgIpc) is 2.01. The van der Waals surface area contributed by atoms with Gasteiger partial charge in [0.25, 0.3) is 0 Å². The Morgan fingerprint density at radius 1 is 0.909 bits per heavy atom. The Morgan fingerprint density at radius 3 is 0.909 bits per heavy atom. The molecule has 3 nitrogen and oxygen atoms in total. The molecular formula is C6H20O3STi. The maximum atomic E-state index is 7.00. The van der Waals surface area contributed by atoms with E-state index in [9.17, 15) is 0 Å². The molecule has 0 atom stereocenters. The normalized spacial score (nSPS) is 3.27. The average molecular weight is 220 g/mol. The van der Waals surface area contributed by atoms with Gasteiger partial charge in [-0.1, -0.05) is 6.92 Å². The van der Waals surface area contributed by atoms with Crippen LogP contribution in [-0.2, 0) is 35.2 Å². The van der Waals surface area contributed by atoms with Crippen LogP contribution in [0.1, 0.15) is 13.3 Å². The molecule has 0 aliphatic carbocycles. The van der Waals surface area contributed by atoms with E-state index in [0.717, 1.165) is 27.8 Å². The molecule has 0 aromatic carbocycles. The van der Waals surface area contributed by atoms with Crippen LogP contribution in [-0.4, -0.2) is 36.6 Å². The maximum absolute atomic E-state index is 7.00. The van der Waals surface area contributed by atoms with Crippen molar-refractivity contribution in [3.8, 4) is 0 Å². The zero-order valence-corrected chi connectivity index (χ0v) is 10.2. The Morgan fingerprint density at radius 2 is 0.909 bits per heavy atom. The van der Waals surface area contributed by atoms with Gasteiger partial charge in [-0.05, 0) is 0 Å². The summed E-state index contributed by atoms with van der Waals surface area (Å²) in [5.41, 5.74) is 0. The van der Waals surface area contributed by atoms with Crippen LogP contribution in [0.15, 0.2) is 0 Å². The molecule has 3 N–H and O–H groups in total. The van der Waals surface area contributed by atoms with E-state index in [1.54, 1.807) is 0 Å². The molecule has 0 heterocycles. The molecule has 0 saturated carbocycles. The fraction of sp³-hybridized carbons (Fsp3) is 0.833. The minimum absolute atomic E-state index is 0. The summed E-state index contributed by atoms with van der Waals surface area (Å²) < 4.78 is 0. The number of hydrogen-bond donors (Lipinski definition) is 3. The number of rotatable bonds is 0. The van der Waals surface area contributed by atoms with Crippen molar-refractivity contribution in [3.05, 3.63) is 6.92 Å². The van der Waals surface area contributed by atoms with Crippen molar-refractivity contribution in [1.82, 2.24) is 0 Å². The van der Waals surface area contributed by atoms with Crippen molar-refractivity contribution in [2.75, 3.05) is 21.3 Å². The van der Waals surface area contributed by atoms with Crippen molar-refractivity contribution in [1.29, 1.82) is 0 Å². The minimum atomic E-state index is 0. The fourth-order valence-electron chi connectivity index (χ4n) is 0. The van der Waals surface area contributed by atoms with Gasteiger partial charge in [0.1, 0.15) is 0 Å². The first-order valence-electron chi connectivity index (χ1n) is 2.55. The second-order valence-electron chi connectivity index (χ2n) is 0.500. The van der Waals surface area contributed by atoms with E-state index >= 15 is 0 Å². The van der Waals surface area contributed by atoms with Crippen LogP contribution >= 0.6 is 0 Å². The van der Waals surface area contributed by atoms with Crippen molar-refractivity contribution in [2.24, 2.45) is 0 Å². The molecular weight excluding hydrogens is 200 g/mol. The van der Waals surface area contributed by atoms with Crippen molar-refractivity contribution in [2.45, 2.75) is 13.3 Å². The largest absolute Gasteiger partial charge is 2.00 e. The predicted molar refractivity (Wildman–Crippen MR) is 48.8 cm³/mol. The van der Waals surface area contributed by atoms with Gasteiger partial charge in [-0.2, -0.15) is 6.42 Å².